The predicted molar refractivity (Wildman–Crippen MR) is 38.8 cm³/mol. The summed E-state index contributed by atoms with van der Waals surface area (Å²) in [6.07, 6.45) is 0. The third-order valence-corrected chi connectivity index (χ3v) is 1.92. The minimum atomic E-state index is 0.204. The standard InChI is InChI=1S/C9H7O/c1-6-7-4-2-3-5-8(7)9(6)10/h2-5H,1H3. The predicted octanol–water partition coefficient (Wildman–Crippen LogP) is 1.83. The van der Waals surface area contributed by atoms with E-state index in [-0.39, 0.29) is 5.78 Å². The Hall–Kier alpha value is -1.11. The quantitative estimate of drug-likeness (QED) is 0.525. The summed E-state index contributed by atoms with van der Waals surface area (Å²) >= 11 is 0. The van der Waals surface area contributed by atoms with Crippen LogP contribution in [-0.4, -0.2) is 5.78 Å². The maximum Gasteiger partial charge on any atom is 0.174 e. The van der Waals surface area contributed by atoms with Crippen molar-refractivity contribution in [3.05, 3.63) is 41.3 Å². The van der Waals surface area contributed by atoms with Gasteiger partial charge in [0.05, 0.1) is 5.92 Å². The minimum Gasteiger partial charge on any atom is -0.293 e. The van der Waals surface area contributed by atoms with Gasteiger partial charge in [-0.1, -0.05) is 24.3 Å². The van der Waals surface area contributed by atoms with Crippen LogP contribution in [0.5, 0.6) is 0 Å². The molecule has 0 heterocycles. The molecular weight excluding hydrogens is 124 g/mol. The van der Waals surface area contributed by atoms with Crippen LogP contribution in [0.15, 0.2) is 24.3 Å². The van der Waals surface area contributed by atoms with Gasteiger partial charge in [0, 0.05) is 5.56 Å². The number of carbonyl (C=O) groups is 1. The fourth-order valence-corrected chi connectivity index (χ4v) is 1.27. The summed E-state index contributed by atoms with van der Waals surface area (Å²) < 4.78 is 0. The van der Waals surface area contributed by atoms with Gasteiger partial charge in [0.1, 0.15) is 0 Å². The lowest BCUT2D eigenvalue weighted by atomic mass is 9.78. The first-order chi connectivity index (χ1) is 4.80. The SMILES string of the molecule is C[C]1C(=O)c2ccccc21. The lowest BCUT2D eigenvalue weighted by Crippen LogP contribution is -2.24. The Bertz CT molecular complexity index is 289. The molecule has 10 heavy (non-hydrogen) atoms. The van der Waals surface area contributed by atoms with Crippen molar-refractivity contribution < 1.29 is 4.79 Å². The number of benzene rings is 1. The molecule has 0 aromatic heterocycles. The second-order valence-electron chi connectivity index (χ2n) is 2.50. The average molecular weight is 131 g/mol. The molecule has 1 aliphatic carbocycles. The van der Waals surface area contributed by atoms with Gasteiger partial charge in [-0.3, -0.25) is 4.79 Å². The van der Waals surface area contributed by atoms with E-state index < -0.39 is 0 Å². The van der Waals surface area contributed by atoms with Crippen LogP contribution in [0, 0.1) is 5.92 Å². The molecule has 0 atom stereocenters. The van der Waals surface area contributed by atoms with Crippen LogP contribution in [-0.2, 0) is 0 Å². The molecule has 1 nitrogen and oxygen atoms in total. The van der Waals surface area contributed by atoms with Crippen molar-refractivity contribution in [2.75, 3.05) is 0 Å². The van der Waals surface area contributed by atoms with Crippen LogP contribution in [0.1, 0.15) is 22.8 Å². The summed E-state index contributed by atoms with van der Waals surface area (Å²) in [6.45, 7) is 1.87. The van der Waals surface area contributed by atoms with Gasteiger partial charge < -0.3 is 0 Å². The highest BCUT2D eigenvalue weighted by atomic mass is 16.1. The van der Waals surface area contributed by atoms with E-state index in [9.17, 15) is 4.79 Å². The zero-order chi connectivity index (χ0) is 7.14. The van der Waals surface area contributed by atoms with Gasteiger partial charge in [-0.2, -0.15) is 0 Å². The van der Waals surface area contributed by atoms with Crippen LogP contribution < -0.4 is 0 Å². The molecule has 2 rings (SSSR count). The second-order valence-corrected chi connectivity index (χ2v) is 2.50. The number of rotatable bonds is 0. The van der Waals surface area contributed by atoms with Crippen molar-refractivity contribution in [3.8, 4) is 0 Å². The second kappa shape index (κ2) is 1.69. The van der Waals surface area contributed by atoms with Gasteiger partial charge in [0.15, 0.2) is 5.78 Å². The van der Waals surface area contributed by atoms with Crippen LogP contribution >= 0.6 is 0 Å². The zero-order valence-electron chi connectivity index (χ0n) is 5.72. The van der Waals surface area contributed by atoms with E-state index in [4.69, 9.17) is 0 Å². The molecule has 0 saturated carbocycles. The van der Waals surface area contributed by atoms with E-state index in [1.807, 2.05) is 31.2 Å². The van der Waals surface area contributed by atoms with Crippen LogP contribution in [0.3, 0.4) is 0 Å². The average Bonchev–Trinajstić information content (AvgIpc) is 2.03. The molecule has 0 amide bonds. The summed E-state index contributed by atoms with van der Waals surface area (Å²) in [5.41, 5.74) is 1.99. The van der Waals surface area contributed by atoms with E-state index in [1.165, 1.54) is 0 Å². The molecular formula is C9H7O. The largest absolute Gasteiger partial charge is 0.293 e. The van der Waals surface area contributed by atoms with Crippen LogP contribution in [0.4, 0.5) is 0 Å². The zero-order valence-corrected chi connectivity index (χ0v) is 5.72. The number of hydrogen-bond acceptors (Lipinski definition) is 1. The first-order valence-corrected chi connectivity index (χ1v) is 3.28. The van der Waals surface area contributed by atoms with Gasteiger partial charge in [-0.25, -0.2) is 0 Å². The van der Waals surface area contributed by atoms with Crippen molar-refractivity contribution in [3.63, 3.8) is 0 Å². The number of ketones is 1. The van der Waals surface area contributed by atoms with E-state index in [2.05, 4.69) is 0 Å². The summed E-state index contributed by atoms with van der Waals surface area (Å²) in [4.78, 5) is 11.0. The maximum atomic E-state index is 11.0. The van der Waals surface area contributed by atoms with Crippen molar-refractivity contribution >= 4 is 5.78 Å². The van der Waals surface area contributed by atoms with Crippen molar-refractivity contribution in [1.82, 2.24) is 0 Å². The number of Topliss-reactive ketones (excluding diaryl/α,β-unsaturated/α-hetero) is 1. The van der Waals surface area contributed by atoms with Crippen LogP contribution in [0.2, 0.25) is 0 Å². The maximum absolute atomic E-state index is 11.0. The molecule has 0 fully saturated rings. The Morgan fingerprint density at radius 2 is 1.70 bits per heavy atom. The molecule has 1 aromatic carbocycles. The van der Waals surface area contributed by atoms with E-state index in [1.54, 1.807) is 0 Å². The van der Waals surface area contributed by atoms with E-state index in [0.717, 1.165) is 17.0 Å². The molecule has 0 spiro atoms. The highest BCUT2D eigenvalue weighted by Crippen LogP contribution is 2.32. The summed E-state index contributed by atoms with van der Waals surface area (Å²) in [7, 11) is 0. The summed E-state index contributed by atoms with van der Waals surface area (Å²) in [6, 6.07) is 7.69. The number of carbonyl (C=O) groups excluding carboxylic acids is 1. The van der Waals surface area contributed by atoms with E-state index >= 15 is 0 Å². The highest BCUT2D eigenvalue weighted by molar-refractivity contribution is 6.18. The van der Waals surface area contributed by atoms with E-state index in [0.29, 0.717) is 0 Å². The molecule has 49 valence electrons. The van der Waals surface area contributed by atoms with Gasteiger partial charge in [-0.15, -0.1) is 0 Å². The first-order valence-electron chi connectivity index (χ1n) is 3.28. The normalized spacial score (nSPS) is 16.3. The smallest absolute Gasteiger partial charge is 0.174 e. The molecule has 0 aliphatic heterocycles. The molecule has 0 unspecified atom stereocenters. The summed E-state index contributed by atoms with van der Waals surface area (Å²) in [5, 5.41) is 0. The summed E-state index contributed by atoms with van der Waals surface area (Å²) in [5.74, 6) is 1.10. The Morgan fingerprint density at radius 3 is 2.30 bits per heavy atom. The van der Waals surface area contributed by atoms with Crippen molar-refractivity contribution in [2.45, 2.75) is 6.92 Å². The van der Waals surface area contributed by atoms with Crippen LogP contribution in [0.25, 0.3) is 0 Å². The Morgan fingerprint density at radius 1 is 1.10 bits per heavy atom. The molecule has 1 aliphatic rings. The number of hydrogen-bond donors (Lipinski definition) is 0. The Labute approximate surface area is 59.7 Å². The fourth-order valence-electron chi connectivity index (χ4n) is 1.27. The Kier molecular flexibility index (Phi) is 0.956. The molecule has 0 N–H and O–H groups in total. The van der Waals surface area contributed by atoms with Gasteiger partial charge in [0.2, 0.25) is 0 Å². The Balaban J connectivity index is 2.60. The molecule has 1 aromatic rings. The van der Waals surface area contributed by atoms with Crippen molar-refractivity contribution in [2.24, 2.45) is 0 Å². The first kappa shape index (κ1) is 5.66. The van der Waals surface area contributed by atoms with Gasteiger partial charge in [0.25, 0.3) is 0 Å². The monoisotopic (exact) mass is 131 g/mol. The molecule has 0 bridgehead atoms. The minimum absolute atomic E-state index is 0.204. The topological polar surface area (TPSA) is 17.1 Å². The molecule has 0 saturated heterocycles. The molecule has 1 radical (unpaired) electrons. The number of fused-ring (bicyclic) bond motifs is 1. The van der Waals surface area contributed by atoms with Crippen molar-refractivity contribution in [1.29, 1.82) is 0 Å². The highest BCUT2D eigenvalue weighted by Gasteiger charge is 2.31. The lowest BCUT2D eigenvalue weighted by Gasteiger charge is -2.23. The fraction of sp³-hybridized carbons (Fsp3) is 0.111. The lowest BCUT2D eigenvalue weighted by molar-refractivity contribution is 0.0991. The molecule has 1 heteroatoms. The third kappa shape index (κ3) is 0.499. The van der Waals surface area contributed by atoms with Gasteiger partial charge >= 0.3 is 0 Å². The third-order valence-electron chi connectivity index (χ3n) is 1.92. The van der Waals surface area contributed by atoms with Gasteiger partial charge in [-0.05, 0) is 12.5 Å².